The van der Waals surface area contributed by atoms with Crippen LogP contribution in [0.1, 0.15) is 41.9 Å². The van der Waals surface area contributed by atoms with Crippen molar-refractivity contribution >= 4 is 5.97 Å². The maximum absolute atomic E-state index is 12.4. The van der Waals surface area contributed by atoms with Gasteiger partial charge in [-0.3, -0.25) is 9.69 Å². The predicted octanol–water partition coefficient (Wildman–Crippen LogP) is 3.04. The zero-order valence-electron chi connectivity index (χ0n) is 13.4. The van der Waals surface area contributed by atoms with E-state index >= 15 is 0 Å². The molecule has 2 heterocycles. The Balaban J connectivity index is 1.98. The molecular formula is C18H25NO2. The summed E-state index contributed by atoms with van der Waals surface area (Å²) in [6, 6.07) is 7.60. The number of nitrogens with zero attached hydrogens (tertiary/aromatic N) is 1. The van der Waals surface area contributed by atoms with Crippen LogP contribution in [0.15, 0.2) is 18.2 Å². The summed E-state index contributed by atoms with van der Waals surface area (Å²) in [5, 5.41) is 0. The lowest BCUT2D eigenvalue weighted by Gasteiger charge is -2.41. The Labute approximate surface area is 127 Å². The van der Waals surface area contributed by atoms with Gasteiger partial charge in [0.1, 0.15) is 0 Å². The maximum atomic E-state index is 12.4. The number of hydrogen-bond acceptors (Lipinski definition) is 3. The highest BCUT2D eigenvalue weighted by Crippen LogP contribution is 2.46. The smallest absolute Gasteiger partial charge is 0.310 e. The van der Waals surface area contributed by atoms with Crippen LogP contribution in [-0.2, 0) is 9.53 Å². The van der Waals surface area contributed by atoms with Crippen molar-refractivity contribution in [3.63, 3.8) is 0 Å². The van der Waals surface area contributed by atoms with Gasteiger partial charge in [0.25, 0.3) is 0 Å². The van der Waals surface area contributed by atoms with Crippen LogP contribution in [0.4, 0.5) is 0 Å². The first-order valence-corrected chi connectivity index (χ1v) is 7.90. The van der Waals surface area contributed by atoms with E-state index in [1.165, 1.54) is 30.2 Å². The molecule has 1 unspecified atom stereocenters. The molecule has 1 aromatic rings. The van der Waals surface area contributed by atoms with Crippen molar-refractivity contribution in [2.45, 2.75) is 51.1 Å². The summed E-state index contributed by atoms with van der Waals surface area (Å²) in [4.78, 5) is 14.8. The molecule has 2 aliphatic heterocycles. The Hall–Kier alpha value is -1.35. The molecular weight excluding hydrogens is 262 g/mol. The Kier molecular flexibility index (Phi) is 3.78. The van der Waals surface area contributed by atoms with Crippen molar-refractivity contribution in [2.75, 3.05) is 14.2 Å². The number of carbonyl (C=O) groups excluding carboxylic acids is 1. The van der Waals surface area contributed by atoms with E-state index < -0.39 is 0 Å². The molecule has 0 spiro atoms. The van der Waals surface area contributed by atoms with Crippen LogP contribution < -0.4 is 0 Å². The number of piperidine rings is 1. The van der Waals surface area contributed by atoms with Crippen LogP contribution >= 0.6 is 0 Å². The second-order valence-corrected chi connectivity index (χ2v) is 6.70. The Morgan fingerprint density at radius 2 is 2.00 bits per heavy atom. The molecule has 2 saturated heterocycles. The van der Waals surface area contributed by atoms with Gasteiger partial charge in [-0.25, -0.2) is 0 Å². The maximum Gasteiger partial charge on any atom is 0.310 e. The molecule has 2 aliphatic rings. The van der Waals surface area contributed by atoms with E-state index in [2.05, 4.69) is 44.0 Å². The number of benzene rings is 1. The molecule has 2 fully saturated rings. The van der Waals surface area contributed by atoms with Gasteiger partial charge in [-0.2, -0.15) is 0 Å². The number of fused-ring (bicyclic) bond motifs is 2. The van der Waals surface area contributed by atoms with E-state index in [1.54, 1.807) is 0 Å². The first-order chi connectivity index (χ1) is 10.0. The van der Waals surface area contributed by atoms with E-state index in [9.17, 15) is 4.79 Å². The highest BCUT2D eigenvalue weighted by atomic mass is 16.5. The number of esters is 1. The number of rotatable bonds is 2. The zero-order valence-corrected chi connectivity index (χ0v) is 13.4. The van der Waals surface area contributed by atoms with E-state index in [0.29, 0.717) is 18.0 Å². The van der Waals surface area contributed by atoms with Gasteiger partial charge in [-0.1, -0.05) is 18.2 Å². The molecule has 1 aromatic carbocycles. The quantitative estimate of drug-likeness (QED) is 0.783. The van der Waals surface area contributed by atoms with Crippen molar-refractivity contribution < 1.29 is 9.53 Å². The van der Waals surface area contributed by atoms with Crippen molar-refractivity contribution in [3.8, 4) is 0 Å². The summed E-state index contributed by atoms with van der Waals surface area (Å²) in [6.45, 7) is 4.28. The molecule has 0 N–H and O–H groups in total. The molecule has 0 amide bonds. The molecule has 2 bridgehead atoms. The van der Waals surface area contributed by atoms with Crippen LogP contribution in [0.3, 0.4) is 0 Å². The van der Waals surface area contributed by atoms with Gasteiger partial charge in [0.15, 0.2) is 0 Å². The van der Waals surface area contributed by atoms with Gasteiger partial charge in [0, 0.05) is 18.0 Å². The van der Waals surface area contributed by atoms with Crippen molar-refractivity contribution in [1.82, 2.24) is 4.90 Å². The van der Waals surface area contributed by atoms with Gasteiger partial charge in [0.2, 0.25) is 0 Å². The first-order valence-electron chi connectivity index (χ1n) is 7.90. The Morgan fingerprint density at radius 3 is 2.67 bits per heavy atom. The average molecular weight is 287 g/mol. The standard InChI is InChI=1S/C18H25NO2/c1-11-5-6-13(9-12(11)2)15-10-14-7-8-16(19(14)3)17(15)18(20)21-4/h5-6,9,14-17H,7-8,10H2,1-4H3/t14-,15-,16?,17+/m1/s1. The third kappa shape index (κ3) is 2.38. The summed E-state index contributed by atoms with van der Waals surface area (Å²) < 4.78 is 5.13. The molecule has 4 atom stereocenters. The molecule has 0 aliphatic carbocycles. The second kappa shape index (κ2) is 5.45. The van der Waals surface area contributed by atoms with E-state index in [0.717, 1.165) is 12.8 Å². The molecule has 0 radical (unpaired) electrons. The topological polar surface area (TPSA) is 29.5 Å². The normalized spacial score (nSPS) is 32.2. The van der Waals surface area contributed by atoms with E-state index in [-0.39, 0.29) is 11.9 Å². The fourth-order valence-corrected chi connectivity index (χ4v) is 4.26. The fourth-order valence-electron chi connectivity index (χ4n) is 4.26. The molecule has 0 saturated carbocycles. The molecule has 3 heteroatoms. The van der Waals surface area contributed by atoms with Crippen LogP contribution in [0.25, 0.3) is 0 Å². The Morgan fingerprint density at radius 1 is 1.24 bits per heavy atom. The minimum absolute atomic E-state index is 0.0270. The fraction of sp³-hybridized carbons (Fsp3) is 0.611. The number of ether oxygens (including phenoxy) is 1. The SMILES string of the molecule is COC(=O)[C@@H]1C2CC[C@H](C[C@@H]1c1ccc(C)c(C)c1)N2C. The third-order valence-corrected chi connectivity index (χ3v) is 5.70. The van der Waals surface area contributed by atoms with Gasteiger partial charge in [0.05, 0.1) is 13.0 Å². The summed E-state index contributed by atoms with van der Waals surface area (Å²) >= 11 is 0. The van der Waals surface area contributed by atoms with E-state index in [1.807, 2.05) is 0 Å². The minimum Gasteiger partial charge on any atom is -0.469 e. The summed E-state index contributed by atoms with van der Waals surface area (Å²) in [5.74, 6) is 0.224. The highest BCUT2D eigenvalue weighted by Gasteiger charge is 2.49. The lowest BCUT2D eigenvalue weighted by atomic mass is 9.75. The van der Waals surface area contributed by atoms with Crippen molar-refractivity contribution in [3.05, 3.63) is 34.9 Å². The van der Waals surface area contributed by atoms with Gasteiger partial charge < -0.3 is 4.74 Å². The largest absolute Gasteiger partial charge is 0.469 e. The summed E-state index contributed by atoms with van der Waals surface area (Å²) in [5.41, 5.74) is 3.92. The van der Waals surface area contributed by atoms with Crippen LogP contribution in [0.5, 0.6) is 0 Å². The van der Waals surface area contributed by atoms with Gasteiger partial charge in [-0.05, 0) is 56.8 Å². The lowest BCUT2D eigenvalue weighted by molar-refractivity contribution is -0.150. The number of methoxy groups -OCH3 is 1. The number of aryl methyl sites for hydroxylation is 2. The lowest BCUT2D eigenvalue weighted by Crippen LogP contribution is -2.49. The predicted molar refractivity (Wildman–Crippen MR) is 83.4 cm³/mol. The summed E-state index contributed by atoms with van der Waals surface area (Å²) in [6.07, 6.45) is 3.38. The molecule has 3 rings (SSSR count). The average Bonchev–Trinajstić information content (AvgIpc) is 2.72. The zero-order chi connectivity index (χ0) is 15.1. The third-order valence-electron chi connectivity index (χ3n) is 5.70. The number of hydrogen-bond donors (Lipinski definition) is 0. The molecule has 0 aromatic heterocycles. The highest BCUT2D eigenvalue weighted by molar-refractivity contribution is 5.75. The summed E-state index contributed by atoms with van der Waals surface area (Å²) in [7, 11) is 3.68. The van der Waals surface area contributed by atoms with Crippen LogP contribution in [0, 0.1) is 19.8 Å². The van der Waals surface area contributed by atoms with Gasteiger partial charge >= 0.3 is 5.97 Å². The Bertz CT molecular complexity index is 554. The van der Waals surface area contributed by atoms with Crippen molar-refractivity contribution in [2.24, 2.45) is 5.92 Å². The van der Waals surface area contributed by atoms with Crippen LogP contribution in [-0.4, -0.2) is 37.1 Å². The second-order valence-electron chi connectivity index (χ2n) is 6.70. The number of carbonyl (C=O) groups is 1. The molecule has 114 valence electrons. The molecule has 21 heavy (non-hydrogen) atoms. The monoisotopic (exact) mass is 287 g/mol. The first kappa shape index (κ1) is 14.6. The van der Waals surface area contributed by atoms with Crippen LogP contribution in [0.2, 0.25) is 0 Å². The molecule has 3 nitrogen and oxygen atoms in total. The van der Waals surface area contributed by atoms with Crippen molar-refractivity contribution in [1.29, 1.82) is 0 Å². The van der Waals surface area contributed by atoms with E-state index in [4.69, 9.17) is 4.74 Å². The van der Waals surface area contributed by atoms with Gasteiger partial charge in [-0.15, -0.1) is 0 Å². The minimum atomic E-state index is -0.0459.